The summed E-state index contributed by atoms with van der Waals surface area (Å²) in [4.78, 5) is 19.4. The van der Waals surface area contributed by atoms with Crippen LogP contribution >= 0.6 is 0 Å². The fourth-order valence-electron chi connectivity index (χ4n) is 5.46. The third-order valence-electron chi connectivity index (χ3n) is 7.78. The molecule has 0 radical (unpaired) electrons. The molecule has 1 aliphatic heterocycles. The van der Waals surface area contributed by atoms with E-state index in [2.05, 4.69) is 4.98 Å². The van der Waals surface area contributed by atoms with Crippen molar-refractivity contribution in [2.75, 3.05) is 19.3 Å². The highest BCUT2D eigenvalue weighted by Gasteiger charge is 2.37. The fourth-order valence-corrected chi connectivity index (χ4v) is 6.12. The van der Waals surface area contributed by atoms with E-state index in [1.807, 2.05) is 39.8 Å². The number of carbonyl (C=O) groups is 1. The minimum absolute atomic E-state index is 0.154. The fraction of sp³-hybridized carbons (Fsp3) is 0.333. The lowest BCUT2D eigenvalue weighted by atomic mass is 10.0. The maximum Gasteiger partial charge on any atom is 0.416 e. The maximum atomic E-state index is 13.5. The Balaban J connectivity index is 1.35. The SMILES string of the molecule is CS(=O)(=O)c1cccc(-c2ccc(-c3nc4cc(C(F)(F)F)ccc4n3CC3CCN(C(=O)C4CC4)C3)cc2)c1. The summed E-state index contributed by atoms with van der Waals surface area (Å²) in [6, 6.07) is 17.7. The van der Waals surface area contributed by atoms with E-state index in [1.165, 1.54) is 6.07 Å². The lowest BCUT2D eigenvalue weighted by Gasteiger charge is -2.18. The summed E-state index contributed by atoms with van der Waals surface area (Å²) in [5, 5.41) is 0. The van der Waals surface area contributed by atoms with Gasteiger partial charge in [-0.1, -0.05) is 36.4 Å². The van der Waals surface area contributed by atoms with Gasteiger partial charge in [0.05, 0.1) is 21.5 Å². The molecule has 6 rings (SSSR count). The van der Waals surface area contributed by atoms with E-state index in [9.17, 15) is 26.4 Å². The normalized spacial score (nSPS) is 18.0. The molecule has 208 valence electrons. The second-order valence-corrected chi connectivity index (χ2v) is 12.9. The first-order valence-electron chi connectivity index (χ1n) is 13.2. The predicted molar refractivity (Wildman–Crippen MR) is 146 cm³/mol. The third kappa shape index (κ3) is 5.24. The van der Waals surface area contributed by atoms with Gasteiger partial charge in [-0.3, -0.25) is 4.79 Å². The standard InChI is InChI=1S/C30H28F3N3O3S/c1-40(38,39)25-4-2-3-23(15-25)20-5-7-21(8-6-20)28-34-26-16-24(30(31,32)33)11-12-27(26)36(28)18-19-13-14-35(17-19)29(37)22-9-10-22/h2-8,11-12,15-16,19,22H,9-10,13-14,17-18H2,1H3. The van der Waals surface area contributed by atoms with Crippen molar-refractivity contribution >= 4 is 26.8 Å². The number of alkyl halides is 3. The van der Waals surface area contributed by atoms with Crippen LogP contribution < -0.4 is 0 Å². The van der Waals surface area contributed by atoms with Crippen molar-refractivity contribution in [1.82, 2.24) is 14.5 Å². The zero-order valence-electron chi connectivity index (χ0n) is 21.9. The van der Waals surface area contributed by atoms with Gasteiger partial charge in [0.2, 0.25) is 5.91 Å². The van der Waals surface area contributed by atoms with Gasteiger partial charge in [-0.25, -0.2) is 13.4 Å². The topological polar surface area (TPSA) is 72.3 Å². The van der Waals surface area contributed by atoms with Crippen molar-refractivity contribution in [1.29, 1.82) is 0 Å². The molecule has 2 aliphatic rings. The predicted octanol–water partition coefficient (Wildman–Crippen LogP) is 6.05. The maximum absolute atomic E-state index is 13.5. The number of sulfone groups is 1. The van der Waals surface area contributed by atoms with Gasteiger partial charge in [-0.15, -0.1) is 0 Å². The van der Waals surface area contributed by atoms with Gasteiger partial charge in [0.1, 0.15) is 5.82 Å². The van der Waals surface area contributed by atoms with Crippen LogP contribution in [0.1, 0.15) is 24.8 Å². The smallest absolute Gasteiger partial charge is 0.342 e. The molecule has 1 aromatic heterocycles. The van der Waals surface area contributed by atoms with E-state index in [0.717, 1.165) is 54.3 Å². The third-order valence-corrected chi connectivity index (χ3v) is 8.89. The quantitative estimate of drug-likeness (QED) is 0.284. The van der Waals surface area contributed by atoms with Gasteiger partial charge in [0.25, 0.3) is 0 Å². The molecule has 2 fully saturated rings. The van der Waals surface area contributed by atoms with Crippen LogP contribution in [0.25, 0.3) is 33.5 Å². The molecule has 2 heterocycles. The van der Waals surface area contributed by atoms with Crippen LogP contribution in [-0.4, -0.2) is 48.1 Å². The molecular formula is C30H28F3N3O3S. The summed E-state index contributed by atoms with van der Waals surface area (Å²) < 4.78 is 66.3. The monoisotopic (exact) mass is 567 g/mol. The summed E-state index contributed by atoms with van der Waals surface area (Å²) in [6.07, 6.45) is -0.586. The Morgan fingerprint density at radius 3 is 2.35 bits per heavy atom. The summed E-state index contributed by atoms with van der Waals surface area (Å²) >= 11 is 0. The molecule has 1 unspecified atom stereocenters. The zero-order chi connectivity index (χ0) is 28.2. The van der Waals surface area contributed by atoms with E-state index < -0.39 is 21.6 Å². The first-order valence-corrected chi connectivity index (χ1v) is 15.1. The molecule has 1 aliphatic carbocycles. The molecule has 1 amide bonds. The highest BCUT2D eigenvalue weighted by molar-refractivity contribution is 7.90. The highest BCUT2D eigenvalue weighted by atomic mass is 32.2. The van der Waals surface area contributed by atoms with Gasteiger partial charge in [0.15, 0.2) is 9.84 Å². The number of imidazole rings is 1. The summed E-state index contributed by atoms with van der Waals surface area (Å²) in [5.74, 6) is 1.08. The number of aromatic nitrogens is 2. The molecule has 10 heteroatoms. The Hall–Kier alpha value is -3.66. The van der Waals surface area contributed by atoms with E-state index >= 15 is 0 Å². The first kappa shape index (κ1) is 26.6. The van der Waals surface area contributed by atoms with Crippen LogP contribution in [-0.2, 0) is 27.4 Å². The van der Waals surface area contributed by atoms with Crippen molar-refractivity contribution in [3.8, 4) is 22.5 Å². The van der Waals surface area contributed by atoms with E-state index in [0.29, 0.717) is 31.0 Å². The lowest BCUT2D eigenvalue weighted by molar-refractivity contribution is -0.137. The van der Waals surface area contributed by atoms with Crippen molar-refractivity contribution in [2.24, 2.45) is 11.8 Å². The van der Waals surface area contributed by atoms with E-state index in [1.54, 1.807) is 18.2 Å². The van der Waals surface area contributed by atoms with Gasteiger partial charge < -0.3 is 9.47 Å². The number of likely N-dealkylation sites (tertiary alicyclic amines) is 1. The van der Waals surface area contributed by atoms with Gasteiger partial charge in [0, 0.05) is 37.4 Å². The number of hydrogen-bond acceptors (Lipinski definition) is 4. The Morgan fingerprint density at radius 1 is 0.950 bits per heavy atom. The number of amides is 1. The van der Waals surface area contributed by atoms with Crippen LogP contribution in [0.4, 0.5) is 13.2 Å². The average Bonchev–Trinajstić information content (AvgIpc) is 3.57. The number of rotatable bonds is 6. The average molecular weight is 568 g/mol. The Labute approximate surface area is 230 Å². The number of benzene rings is 3. The molecule has 0 spiro atoms. The Kier molecular flexibility index (Phi) is 6.48. The summed E-state index contributed by atoms with van der Waals surface area (Å²) in [5.41, 5.74) is 2.40. The number of halogens is 3. The Morgan fingerprint density at radius 2 is 1.68 bits per heavy atom. The van der Waals surface area contributed by atoms with Crippen LogP contribution in [0.2, 0.25) is 0 Å². The zero-order valence-corrected chi connectivity index (χ0v) is 22.7. The largest absolute Gasteiger partial charge is 0.416 e. The van der Waals surface area contributed by atoms with E-state index in [4.69, 9.17) is 0 Å². The highest BCUT2D eigenvalue weighted by Crippen LogP contribution is 2.36. The molecular weight excluding hydrogens is 539 g/mol. The summed E-state index contributed by atoms with van der Waals surface area (Å²) in [7, 11) is -3.36. The molecule has 0 bridgehead atoms. The second-order valence-electron chi connectivity index (χ2n) is 10.8. The first-order chi connectivity index (χ1) is 19.0. The molecule has 4 aromatic rings. The van der Waals surface area contributed by atoms with Crippen molar-refractivity contribution in [3.63, 3.8) is 0 Å². The van der Waals surface area contributed by atoms with Crippen LogP contribution in [0.5, 0.6) is 0 Å². The number of fused-ring (bicyclic) bond motifs is 1. The van der Waals surface area contributed by atoms with Crippen LogP contribution in [0.15, 0.2) is 71.6 Å². The lowest BCUT2D eigenvalue weighted by Crippen LogP contribution is -2.30. The van der Waals surface area contributed by atoms with Gasteiger partial charge >= 0.3 is 6.18 Å². The van der Waals surface area contributed by atoms with Gasteiger partial charge in [-0.05, 0) is 66.6 Å². The molecule has 1 atom stereocenters. The van der Waals surface area contributed by atoms with Crippen LogP contribution in [0.3, 0.4) is 0 Å². The summed E-state index contributed by atoms with van der Waals surface area (Å²) in [6.45, 7) is 1.86. The van der Waals surface area contributed by atoms with Crippen LogP contribution in [0, 0.1) is 11.8 Å². The van der Waals surface area contributed by atoms with Crippen molar-refractivity contribution < 1.29 is 26.4 Å². The van der Waals surface area contributed by atoms with Crippen molar-refractivity contribution in [3.05, 3.63) is 72.3 Å². The molecule has 1 saturated heterocycles. The molecule has 6 nitrogen and oxygen atoms in total. The molecule has 40 heavy (non-hydrogen) atoms. The minimum Gasteiger partial charge on any atom is -0.342 e. The minimum atomic E-state index is -4.48. The van der Waals surface area contributed by atoms with E-state index in [-0.39, 0.29) is 28.2 Å². The second kappa shape index (κ2) is 9.76. The van der Waals surface area contributed by atoms with Crippen molar-refractivity contribution in [2.45, 2.75) is 36.9 Å². The molecule has 1 saturated carbocycles. The number of carbonyl (C=O) groups excluding carboxylic acids is 1. The van der Waals surface area contributed by atoms with Gasteiger partial charge in [-0.2, -0.15) is 13.2 Å². The Bertz CT molecular complexity index is 1710. The number of hydrogen-bond donors (Lipinski definition) is 0. The molecule has 0 N–H and O–H groups in total. The molecule has 3 aromatic carbocycles. The number of nitrogens with zero attached hydrogens (tertiary/aromatic N) is 3.